The number of aryl methyl sites for hydroxylation is 1. The zero-order valence-corrected chi connectivity index (χ0v) is 18.9. The minimum atomic E-state index is -0.300. The van der Waals surface area contributed by atoms with Crippen molar-refractivity contribution >= 4 is 57.5 Å². The number of hydrogen-bond donors (Lipinski definition) is 1. The summed E-state index contributed by atoms with van der Waals surface area (Å²) in [6, 6.07) is 4.72. The molecule has 1 amide bonds. The van der Waals surface area contributed by atoms with Crippen LogP contribution in [0, 0.1) is 5.82 Å². The Morgan fingerprint density at radius 1 is 1.37 bits per heavy atom. The number of rotatable bonds is 3. The molecule has 0 saturated carbocycles. The normalized spacial score (nSPS) is 15.0. The molecular weight excluding hydrogens is 530 g/mol. The summed E-state index contributed by atoms with van der Waals surface area (Å²) in [6.07, 6.45) is 3.50. The SMILES string of the molecule is CN=C(NCc1cc(F)cc(Br)c1)N1CCN(c2cnn(C)c2)C(=O)C1.I. The second kappa shape index (κ2) is 9.49. The van der Waals surface area contributed by atoms with Gasteiger partial charge < -0.3 is 15.1 Å². The number of anilines is 1. The van der Waals surface area contributed by atoms with Gasteiger partial charge in [0.2, 0.25) is 5.91 Å². The predicted molar refractivity (Wildman–Crippen MR) is 117 cm³/mol. The van der Waals surface area contributed by atoms with Crippen LogP contribution in [0.25, 0.3) is 0 Å². The van der Waals surface area contributed by atoms with Crippen molar-refractivity contribution in [3.63, 3.8) is 0 Å². The van der Waals surface area contributed by atoms with Crippen LogP contribution in [0.3, 0.4) is 0 Å². The molecule has 2 heterocycles. The zero-order chi connectivity index (χ0) is 18.7. The highest BCUT2D eigenvalue weighted by Crippen LogP contribution is 2.17. The van der Waals surface area contributed by atoms with E-state index in [1.54, 1.807) is 22.8 Å². The number of nitrogens with zero attached hydrogens (tertiary/aromatic N) is 5. The van der Waals surface area contributed by atoms with E-state index in [4.69, 9.17) is 0 Å². The predicted octanol–water partition coefficient (Wildman–Crippen LogP) is 2.36. The number of amides is 1. The van der Waals surface area contributed by atoms with Gasteiger partial charge in [0.15, 0.2) is 5.96 Å². The molecule has 1 N–H and O–H groups in total. The Bertz CT molecular complexity index is 822. The van der Waals surface area contributed by atoms with Crippen LogP contribution in [0.2, 0.25) is 0 Å². The lowest BCUT2D eigenvalue weighted by atomic mass is 10.2. The van der Waals surface area contributed by atoms with Gasteiger partial charge in [0.1, 0.15) is 12.4 Å². The van der Waals surface area contributed by atoms with Gasteiger partial charge >= 0.3 is 0 Å². The Morgan fingerprint density at radius 3 is 2.74 bits per heavy atom. The highest BCUT2D eigenvalue weighted by molar-refractivity contribution is 14.0. The first-order valence-electron chi connectivity index (χ1n) is 8.16. The first kappa shape index (κ1) is 21.6. The molecule has 1 fully saturated rings. The fourth-order valence-corrected chi connectivity index (χ4v) is 3.41. The quantitative estimate of drug-likeness (QED) is 0.362. The summed E-state index contributed by atoms with van der Waals surface area (Å²) in [7, 11) is 3.49. The smallest absolute Gasteiger partial charge is 0.246 e. The summed E-state index contributed by atoms with van der Waals surface area (Å²) in [4.78, 5) is 20.4. The fourth-order valence-electron chi connectivity index (χ4n) is 2.90. The number of guanidine groups is 1. The second-order valence-electron chi connectivity index (χ2n) is 6.02. The van der Waals surface area contributed by atoms with Gasteiger partial charge in [-0.2, -0.15) is 5.10 Å². The molecule has 7 nitrogen and oxygen atoms in total. The summed E-state index contributed by atoms with van der Waals surface area (Å²) < 4.78 is 15.8. The number of hydrogen-bond acceptors (Lipinski definition) is 3. The fraction of sp³-hybridized carbons (Fsp3) is 0.353. The van der Waals surface area contributed by atoms with Crippen molar-refractivity contribution in [1.29, 1.82) is 0 Å². The van der Waals surface area contributed by atoms with Gasteiger partial charge in [-0.15, -0.1) is 24.0 Å². The first-order valence-corrected chi connectivity index (χ1v) is 8.95. The molecule has 27 heavy (non-hydrogen) atoms. The Balaban J connectivity index is 0.00000261. The van der Waals surface area contributed by atoms with E-state index < -0.39 is 0 Å². The van der Waals surface area contributed by atoms with Crippen LogP contribution in [0.15, 0.2) is 40.1 Å². The summed E-state index contributed by atoms with van der Waals surface area (Å²) in [5.41, 5.74) is 1.59. The lowest BCUT2D eigenvalue weighted by Crippen LogP contribution is -2.55. The molecule has 0 unspecified atom stereocenters. The molecule has 0 bridgehead atoms. The monoisotopic (exact) mass is 550 g/mol. The first-order chi connectivity index (χ1) is 12.5. The molecule has 0 spiro atoms. The van der Waals surface area contributed by atoms with Crippen LogP contribution < -0.4 is 10.2 Å². The second-order valence-corrected chi connectivity index (χ2v) is 6.93. The summed E-state index contributed by atoms with van der Waals surface area (Å²) >= 11 is 3.29. The standard InChI is InChI=1S/C17H20BrFN6O.HI/c1-20-17(21-8-12-5-13(18)7-14(19)6-12)24-3-4-25(16(26)11-24)15-9-22-23(2)10-15;/h5-7,9-10H,3-4,8,11H2,1-2H3,(H,20,21);1H. The molecule has 1 aliphatic rings. The summed E-state index contributed by atoms with van der Waals surface area (Å²) in [5, 5.41) is 7.30. The Labute approximate surface area is 182 Å². The number of halogens is 3. The summed E-state index contributed by atoms with van der Waals surface area (Å²) in [6.45, 7) is 1.84. The van der Waals surface area contributed by atoms with Crippen molar-refractivity contribution < 1.29 is 9.18 Å². The Morgan fingerprint density at radius 2 is 2.15 bits per heavy atom. The number of carbonyl (C=O) groups is 1. The van der Waals surface area contributed by atoms with Crippen molar-refractivity contribution in [2.75, 3.05) is 31.6 Å². The van der Waals surface area contributed by atoms with E-state index in [9.17, 15) is 9.18 Å². The maximum atomic E-state index is 13.5. The number of nitrogens with one attached hydrogen (secondary N) is 1. The van der Waals surface area contributed by atoms with Crippen molar-refractivity contribution in [3.05, 3.63) is 46.4 Å². The van der Waals surface area contributed by atoms with Gasteiger partial charge in [0.05, 0.1) is 11.9 Å². The topological polar surface area (TPSA) is 65.8 Å². The van der Waals surface area contributed by atoms with Crippen LogP contribution in [-0.4, -0.2) is 53.2 Å². The van der Waals surface area contributed by atoms with Crippen molar-refractivity contribution in [2.24, 2.45) is 12.0 Å². The lowest BCUT2D eigenvalue weighted by Gasteiger charge is -2.35. The van der Waals surface area contributed by atoms with Gasteiger partial charge in [0, 0.05) is 44.4 Å². The van der Waals surface area contributed by atoms with Gasteiger partial charge in [0.25, 0.3) is 0 Å². The van der Waals surface area contributed by atoms with Crippen LogP contribution in [0.4, 0.5) is 10.1 Å². The Kier molecular flexibility index (Phi) is 7.59. The maximum absolute atomic E-state index is 13.5. The molecular formula is C17H21BrFIN6O. The van der Waals surface area contributed by atoms with Crippen molar-refractivity contribution in [3.8, 4) is 0 Å². The lowest BCUT2D eigenvalue weighted by molar-refractivity contribution is -0.120. The Hall–Kier alpha value is -1.69. The number of aliphatic imine (C=N–C) groups is 1. The molecule has 1 aromatic heterocycles. The zero-order valence-electron chi connectivity index (χ0n) is 15.0. The number of benzene rings is 1. The maximum Gasteiger partial charge on any atom is 0.246 e. The van der Waals surface area contributed by atoms with Crippen LogP contribution in [0.1, 0.15) is 5.56 Å². The van der Waals surface area contributed by atoms with Crippen molar-refractivity contribution in [2.45, 2.75) is 6.54 Å². The van der Waals surface area contributed by atoms with E-state index in [2.05, 4.69) is 31.3 Å². The van der Waals surface area contributed by atoms with Gasteiger partial charge in [-0.1, -0.05) is 15.9 Å². The molecule has 146 valence electrons. The summed E-state index contributed by atoms with van der Waals surface area (Å²) in [5.74, 6) is 0.302. The largest absolute Gasteiger partial charge is 0.352 e. The highest BCUT2D eigenvalue weighted by Gasteiger charge is 2.27. The van der Waals surface area contributed by atoms with Gasteiger partial charge in [-0.3, -0.25) is 14.5 Å². The molecule has 1 saturated heterocycles. The molecule has 1 aliphatic heterocycles. The molecule has 2 aromatic rings. The molecule has 3 rings (SSSR count). The average molecular weight is 551 g/mol. The van der Waals surface area contributed by atoms with E-state index in [1.165, 1.54) is 12.1 Å². The van der Waals surface area contributed by atoms with Crippen LogP contribution in [0.5, 0.6) is 0 Å². The third-order valence-electron chi connectivity index (χ3n) is 4.11. The van der Waals surface area contributed by atoms with E-state index >= 15 is 0 Å². The highest BCUT2D eigenvalue weighted by atomic mass is 127. The van der Waals surface area contributed by atoms with E-state index in [0.717, 1.165) is 11.3 Å². The van der Waals surface area contributed by atoms with Crippen LogP contribution >= 0.6 is 39.9 Å². The third kappa shape index (κ3) is 5.41. The number of piperazine rings is 1. The van der Waals surface area contributed by atoms with Gasteiger partial charge in [-0.05, 0) is 23.8 Å². The number of aromatic nitrogens is 2. The molecule has 0 aliphatic carbocycles. The van der Waals surface area contributed by atoms with E-state index in [0.29, 0.717) is 30.1 Å². The minimum Gasteiger partial charge on any atom is -0.352 e. The molecule has 1 aromatic carbocycles. The number of carbonyl (C=O) groups excluding carboxylic acids is 1. The molecule has 10 heteroatoms. The molecule has 0 atom stereocenters. The van der Waals surface area contributed by atoms with Crippen molar-refractivity contribution in [1.82, 2.24) is 20.0 Å². The third-order valence-corrected chi connectivity index (χ3v) is 4.57. The molecule has 0 radical (unpaired) electrons. The average Bonchev–Trinajstić information content (AvgIpc) is 3.01. The van der Waals surface area contributed by atoms with E-state index in [1.807, 2.05) is 24.2 Å². The minimum absolute atomic E-state index is 0. The van der Waals surface area contributed by atoms with Crippen LogP contribution in [-0.2, 0) is 18.4 Å². The van der Waals surface area contributed by atoms with Gasteiger partial charge in [-0.25, -0.2) is 4.39 Å². The van der Waals surface area contributed by atoms with E-state index in [-0.39, 0.29) is 42.2 Å².